The summed E-state index contributed by atoms with van der Waals surface area (Å²) >= 11 is 0. The van der Waals surface area contributed by atoms with Crippen LogP contribution in [-0.4, -0.2) is 105 Å². The fourth-order valence-corrected chi connectivity index (χ4v) is 2.92. The highest BCUT2D eigenvalue weighted by atomic mass is 16.7. The predicted molar refractivity (Wildman–Crippen MR) is 78.8 cm³/mol. The van der Waals surface area contributed by atoms with Crippen molar-refractivity contribution in [3.63, 3.8) is 0 Å². The van der Waals surface area contributed by atoms with Crippen molar-refractivity contribution < 1.29 is 49.6 Å². The second kappa shape index (κ2) is 8.20. The highest BCUT2D eigenvalue weighted by Gasteiger charge is 2.50. The van der Waals surface area contributed by atoms with E-state index in [0.29, 0.717) is 0 Å². The predicted octanol–water partition coefficient (Wildman–Crippen LogP) is -4.23. The second-order valence-electron chi connectivity index (χ2n) is 6.25. The van der Waals surface area contributed by atoms with Gasteiger partial charge in [0, 0.05) is 6.92 Å². The highest BCUT2D eigenvalue weighted by molar-refractivity contribution is 5.73. The van der Waals surface area contributed by atoms with Gasteiger partial charge in [0.05, 0.1) is 12.7 Å². The maximum Gasteiger partial charge on any atom is 0.217 e. The molecule has 1 amide bonds. The maximum absolute atomic E-state index is 11.2. The first-order valence-electron chi connectivity index (χ1n) is 7.92. The van der Waals surface area contributed by atoms with Gasteiger partial charge in [-0.2, -0.15) is 0 Å². The van der Waals surface area contributed by atoms with Crippen molar-refractivity contribution >= 4 is 5.91 Å². The number of hydrogen-bond acceptors (Lipinski definition) is 10. The van der Waals surface area contributed by atoms with E-state index in [1.54, 1.807) is 0 Å². The molecule has 0 aromatic heterocycles. The van der Waals surface area contributed by atoms with E-state index in [9.17, 15) is 35.4 Å². The van der Waals surface area contributed by atoms with E-state index in [4.69, 9.17) is 14.2 Å². The lowest BCUT2D eigenvalue weighted by Crippen LogP contribution is -2.66. The van der Waals surface area contributed by atoms with Crippen molar-refractivity contribution in [3.8, 4) is 0 Å². The molecule has 2 rings (SSSR count). The van der Waals surface area contributed by atoms with Crippen molar-refractivity contribution in [1.82, 2.24) is 5.32 Å². The number of rotatable bonds is 4. The van der Waals surface area contributed by atoms with Crippen molar-refractivity contribution in [2.75, 3.05) is 6.61 Å². The van der Waals surface area contributed by atoms with E-state index in [1.807, 2.05) is 0 Å². The summed E-state index contributed by atoms with van der Waals surface area (Å²) in [6.45, 7) is 2.01. The summed E-state index contributed by atoms with van der Waals surface area (Å²) in [4.78, 5) is 11.2. The molecule has 11 heteroatoms. The summed E-state index contributed by atoms with van der Waals surface area (Å²) in [7, 11) is 0. The van der Waals surface area contributed by atoms with Gasteiger partial charge in [0.15, 0.2) is 12.6 Å². The summed E-state index contributed by atoms with van der Waals surface area (Å²) < 4.78 is 15.9. The van der Waals surface area contributed by atoms with Crippen LogP contribution in [0.3, 0.4) is 0 Å². The van der Waals surface area contributed by atoms with Crippen LogP contribution in [-0.2, 0) is 19.0 Å². The van der Waals surface area contributed by atoms with Crippen molar-refractivity contribution in [3.05, 3.63) is 0 Å². The minimum Gasteiger partial charge on any atom is -0.394 e. The number of ether oxygens (including phenoxy) is 3. The second-order valence-corrected chi connectivity index (χ2v) is 6.25. The largest absolute Gasteiger partial charge is 0.394 e. The van der Waals surface area contributed by atoms with Crippen LogP contribution in [0.25, 0.3) is 0 Å². The Bertz CT molecular complexity index is 465. The average molecular weight is 367 g/mol. The molecule has 146 valence electrons. The van der Waals surface area contributed by atoms with E-state index >= 15 is 0 Å². The molecule has 0 radical (unpaired) electrons. The van der Waals surface area contributed by atoms with E-state index in [-0.39, 0.29) is 0 Å². The van der Waals surface area contributed by atoms with Gasteiger partial charge in [0.25, 0.3) is 0 Å². The monoisotopic (exact) mass is 367 g/mol. The van der Waals surface area contributed by atoms with Gasteiger partial charge < -0.3 is 50.2 Å². The molecule has 10 atom stereocenters. The number of hydrogen-bond donors (Lipinski definition) is 7. The van der Waals surface area contributed by atoms with Gasteiger partial charge in [-0.05, 0) is 6.92 Å². The zero-order valence-electron chi connectivity index (χ0n) is 13.8. The molecular formula is C14H25NO10. The maximum atomic E-state index is 11.2. The van der Waals surface area contributed by atoms with Gasteiger partial charge >= 0.3 is 0 Å². The van der Waals surface area contributed by atoms with E-state index < -0.39 is 73.9 Å². The van der Waals surface area contributed by atoms with Gasteiger partial charge in [-0.1, -0.05) is 0 Å². The molecular weight excluding hydrogens is 342 g/mol. The van der Waals surface area contributed by atoms with Crippen LogP contribution in [0.15, 0.2) is 0 Å². The summed E-state index contributed by atoms with van der Waals surface area (Å²) in [5, 5.41) is 61.5. The lowest BCUT2D eigenvalue weighted by Gasteiger charge is -2.46. The molecule has 25 heavy (non-hydrogen) atoms. The fraction of sp³-hybridized carbons (Fsp3) is 0.929. The minimum absolute atomic E-state index is 0.533. The van der Waals surface area contributed by atoms with Gasteiger partial charge in [-0.3, -0.25) is 4.79 Å². The molecule has 2 fully saturated rings. The lowest BCUT2D eigenvalue weighted by atomic mass is 9.95. The molecule has 7 N–H and O–H groups in total. The van der Waals surface area contributed by atoms with Crippen LogP contribution < -0.4 is 5.32 Å². The van der Waals surface area contributed by atoms with Gasteiger partial charge in [0.2, 0.25) is 5.91 Å². The smallest absolute Gasteiger partial charge is 0.217 e. The quantitative estimate of drug-likeness (QED) is 0.257. The van der Waals surface area contributed by atoms with Gasteiger partial charge in [-0.25, -0.2) is 0 Å². The normalized spacial score (nSPS) is 48.2. The summed E-state index contributed by atoms with van der Waals surface area (Å²) in [5.41, 5.74) is 0. The van der Waals surface area contributed by atoms with Crippen molar-refractivity contribution in [2.24, 2.45) is 0 Å². The van der Waals surface area contributed by atoms with Crippen LogP contribution in [0.2, 0.25) is 0 Å². The Morgan fingerprint density at radius 2 is 1.68 bits per heavy atom. The third-order valence-electron chi connectivity index (χ3n) is 4.34. The molecule has 2 aliphatic rings. The topological polar surface area (TPSA) is 178 Å². The molecule has 0 saturated carbocycles. The summed E-state index contributed by atoms with van der Waals surface area (Å²) in [6.07, 6.45) is -12.3. The molecule has 0 aromatic rings. The molecule has 0 bridgehead atoms. The number of aliphatic hydroxyl groups excluding tert-OH is 6. The highest BCUT2D eigenvalue weighted by Crippen LogP contribution is 2.28. The van der Waals surface area contributed by atoms with Crippen LogP contribution in [0.5, 0.6) is 0 Å². The first-order valence-corrected chi connectivity index (χ1v) is 7.92. The zero-order valence-corrected chi connectivity index (χ0v) is 13.8. The van der Waals surface area contributed by atoms with Crippen molar-refractivity contribution in [1.29, 1.82) is 0 Å². The van der Waals surface area contributed by atoms with Crippen LogP contribution in [0.1, 0.15) is 13.8 Å². The molecule has 0 aromatic carbocycles. The van der Waals surface area contributed by atoms with E-state index in [1.165, 1.54) is 13.8 Å². The number of nitrogens with one attached hydrogen (secondary N) is 1. The first kappa shape index (κ1) is 20.4. The lowest BCUT2D eigenvalue weighted by molar-refractivity contribution is -0.341. The Hall–Kier alpha value is -0.890. The molecule has 2 saturated heterocycles. The molecule has 9 unspecified atom stereocenters. The molecule has 0 spiro atoms. The molecule has 11 nitrogen and oxygen atoms in total. The number of aliphatic hydroxyl groups is 6. The molecule has 2 heterocycles. The zero-order chi connectivity index (χ0) is 18.9. The Kier molecular flexibility index (Phi) is 6.70. The van der Waals surface area contributed by atoms with E-state index in [2.05, 4.69) is 5.32 Å². The van der Waals surface area contributed by atoms with Gasteiger partial charge in [0.1, 0.15) is 42.7 Å². The van der Waals surface area contributed by atoms with Crippen LogP contribution in [0.4, 0.5) is 0 Å². The van der Waals surface area contributed by atoms with Crippen LogP contribution >= 0.6 is 0 Å². The number of carbonyl (C=O) groups excluding carboxylic acids is 1. The average Bonchev–Trinajstić information content (AvgIpc) is 2.56. The third kappa shape index (κ3) is 4.27. The van der Waals surface area contributed by atoms with Crippen LogP contribution in [0, 0.1) is 0 Å². The minimum atomic E-state index is -1.62. The van der Waals surface area contributed by atoms with Gasteiger partial charge in [-0.15, -0.1) is 0 Å². The Labute approximate surface area is 143 Å². The SMILES string of the molecule is CC(=O)NC1C(O)OC(CO)C(OC2OC(C)[C@H](O)C(O)C2O)C1O. The fourth-order valence-electron chi connectivity index (χ4n) is 2.92. The number of carbonyl (C=O) groups is 1. The van der Waals surface area contributed by atoms with Crippen molar-refractivity contribution in [2.45, 2.75) is 75.2 Å². The van der Waals surface area contributed by atoms with E-state index in [0.717, 1.165) is 0 Å². The number of amides is 1. The molecule has 0 aliphatic carbocycles. The standard InChI is InChI=1S/C14H25NO10/c1-4-8(18)10(20)11(21)14(23-4)25-12-6(3-16)24-13(22)7(9(12)19)15-5(2)17/h4,6-14,16,18-22H,3H2,1-2H3,(H,15,17)/t4?,6?,7?,8-,9?,10?,11?,12?,13?,14?/m0/s1. The third-order valence-corrected chi connectivity index (χ3v) is 4.34. The Morgan fingerprint density at radius 3 is 2.24 bits per heavy atom. The summed E-state index contributed by atoms with van der Waals surface area (Å²) in [5.74, 6) is -0.533. The molecule has 2 aliphatic heterocycles. The first-order chi connectivity index (χ1) is 11.7. The Morgan fingerprint density at radius 1 is 1.04 bits per heavy atom. The summed E-state index contributed by atoms with van der Waals surface area (Å²) in [6, 6.07) is -1.24. The Balaban J connectivity index is 2.15.